The largest absolute Gasteiger partial charge is 0.376 e. The molecular formula is C21H32N2O2. The quantitative estimate of drug-likeness (QED) is 0.827. The number of amides is 1. The fourth-order valence-electron chi connectivity index (χ4n) is 4.04. The van der Waals surface area contributed by atoms with Gasteiger partial charge in [0.05, 0.1) is 6.10 Å². The van der Waals surface area contributed by atoms with Crippen molar-refractivity contribution in [2.75, 3.05) is 19.7 Å². The maximum Gasteiger partial charge on any atom is 0.223 e. The minimum atomic E-state index is 0.200. The normalized spacial score (nSPS) is 26.1. The number of carbonyl (C=O) groups excluding carboxylic acids is 1. The lowest BCUT2D eigenvalue weighted by atomic mass is 9.99. The van der Waals surface area contributed by atoms with E-state index in [1.807, 2.05) is 4.90 Å². The lowest BCUT2D eigenvalue weighted by molar-refractivity contribution is -0.133. The fraction of sp³-hybridized carbons (Fsp3) is 0.667. The molecule has 0 bridgehead atoms. The third-order valence-electron chi connectivity index (χ3n) is 5.75. The van der Waals surface area contributed by atoms with E-state index in [-0.39, 0.29) is 18.1 Å². The molecule has 0 radical (unpaired) electrons. The summed E-state index contributed by atoms with van der Waals surface area (Å²) in [6.45, 7) is 4.43. The number of aryl methyl sites for hydroxylation is 1. The minimum Gasteiger partial charge on any atom is -0.376 e. The second-order valence-electron chi connectivity index (χ2n) is 7.77. The fourth-order valence-corrected chi connectivity index (χ4v) is 4.04. The van der Waals surface area contributed by atoms with Gasteiger partial charge in [0.15, 0.2) is 0 Å². The van der Waals surface area contributed by atoms with Gasteiger partial charge in [0.25, 0.3) is 0 Å². The van der Waals surface area contributed by atoms with Crippen LogP contribution in [0, 0.1) is 12.8 Å². The molecular weight excluding hydrogens is 312 g/mol. The van der Waals surface area contributed by atoms with Crippen LogP contribution in [0.5, 0.6) is 0 Å². The molecule has 0 spiro atoms. The Hall–Kier alpha value is -1.39. The van der Waals surface area contributed by atoms with Crippen molar-refractivity contribution in [2.24, 2.45) is 11.7 Å². The molecule has 2 fully saturated rings. The van der Waals surface area contributed by atoms with Crippen LogP contribution in [0.2, 0.25) is 0 Å². The van der Waals surface area contributed by atoms with E-state index in [1.165, 1.54) is 11.1 Å². The van der Waals surface area contributed by atoms with Crippen molar-refractivity contribution >= 4 is 5.91 Å². The van der Waals surface area contributed by atoms with Crippen molar-refractivity contribution in [3.63, 3.8) is 0 Å². The van der Waals surface area contributed by atoms with Crippen LogP contribution in [0.15, 0.2) is 24.3 Å². The molecule has 138 valence electrons. The van der Waals surface area contributed by atoms with Gasteiger partial charge in [-0.05, 0) is 50.5 Å². The Morgan fingerprint density at radius 3 is 2.64 bits per heavy atom. The number of carbonyl (C=O) groups is 1. The second-order valence-corrected chi connectivity index (χ2v) is 7.77. The van der Waals surface area contributed by atoms with Crippen LogP contribution in [-0.2, 0) is 16.0 Å². The summed E-state index contributed by atoms with van der Waals surface area (Å²) in [4.78, 5) is 15.0. The van der Waals surface area contributed by atoms with Crippen LogP contribution in [-0.4, -0.2) is 42.6 Å². The lowest BCUT2D eigenvalue weighted by Crippen LogP contribution is -2.40. The minimum absolute atomic E-state index is 0.200. The Morgan fingerprint density at radius 1 is 1.20 bits per heavy atom. The van der Waals surface area contributed by atoms with Gasteiger partial charge < -0.3 is 15.4 Å². The zero-order chi connectivity index (χ0) is 17.6. The summed E-state index contributed by atoms with van der Waals surface area (Å²) >= 11 is 0. The summed E-state index contributed by atoms with van der Waals surface area (Å²) in [6, 6.07) is 8.80. The lowest BCUT2D eigenvalue weighted by Gasteiger charge is -2.27. The first-order valence-electron chi connectivity index (χ1n) is 9.82. The van der Waals surface area contributed by atoms with E-state index >= 15 is 0 Å². The van der Waals surface area contributed by atoms with Crippen molar-refractivity contribution in [2.45, 2.75) is 64.0 Å². The molecule has 0 aromatic heterocycles. The van der Waals surface area contributed by atoms with Gasteiger partial charge in [-0.3, -0.25) is 4.79 Å². The molecule has 1 aliphatic heterocycles. The number of ether oxygens (including phenoxy) is 1. The zero-order valence-corrected chi connectivity index (χ0v) is 15.5. The van der Waals surface area contributed by atoms with Crippen LogP contribution < -0.4 is 5.73 Å². The molecule has 2 aliphatic rings. The molecule has 1 saturated heterocycles. The highest BCUT2D eigenvalue weighted by Gasteiger charge is 2.29. The molecule has 2 N–H and O–H groups in total. The molecule has 3 rings (SSSR count). The van der Waals surface area contributed by atoms with Gasteiger partial charge in [-0.25, -0.2) is 0 Å². The average Bonchev–Trinajstić information content (AvgIpc) is 3.25. The van der Waals surface area contributed by atoms with E-state index in [0.717, 1.165) is 58.2 Å². The maximum absolute atomic E-state index is 12.9. The molecule has 25 heavy (non-hydrogen) atoms. The van der Waals surface area contributed by atoms with E-state index in [1.54, 1.807) is 0 Å². The molecule has 1 aliphatic carbocycles. The number of nitrogens with zero attached hydrogens (tertiary/aromatic N) is 1. The molecule has 4 nitrogen and oxygen atoms in total. The molecule has 1 amide bonds. The number of benzene rings is 1. The average molecular weight is 344 g/mol. The predicted octanol–water partition coefficient (Wildman–Crippen LogP) is 3.06. The van der Waals surface area contributed by atoms with Crippen LogP contribution in [0.1, 0.15) is 49.7 Å². The van der Waals surface area contributed by atoms with Gasteiger partial charge in [-0.1, -0.05) is 36.2 Å². The molecule has 4 heteroatoms. The molecule has 1 heterocycles. The molecule has 1 unspecified atom stereocenters. The van der Waals surface area contributed by atoms with Crippen molar-refractivity contribution in [3.05, 3.63) is 35.4 Å². The van der Waals surface area contributed by atoms with Crippen LogP contribution >= 0.6 is 0 Å². The summed E-state index contributed by atoms with van der Waals surface area (Å²) in [5, 5.41) is 0. The SMILES string of the molecule is Cc1ccc(CCN(CC2CCCO2)C(=O)C[C@@H]2CCC[C@H]2N)cc1. The Morgan fingerprint density at radius 2 is 2.00 bits per heavy atom. The molecule has 3 atom stereocenters. The number of nitrogens with two attached hydrogens (primary N) is 1. The first-order valence-corrected chi connectivity index (χ1v) is 9.82. The van der Waals surface area contributed by atoms with Crippen molar-refractivity contribution in [1.82, 2.24) is 4.90 Å². The number of hydrogen-bond donors (Lipinski definition) is 1. The maximum atomic E-state index is 12.9. The summed E-state index contributed by atoms with van der Waals surface area (Å²) < 4.78 is 5.77. The highest BCUT2D eigenvalue weighted by molar-refractivity contribution is 5.76. The monoisotopic (exact) mass is 344 g/mol. The Bertz CT molecular complexity index is 552. The van der Waals surface area contributed by atoms with Crippen molar-refractivity contribution in [1.29, 1.82) is 0 Å². The summed E-state index contributed by atoms with van der Waals surface area (Å²) in [7, 11) is 0. The van der Waals surface area contributed by atoms with Crippen LogP contribution in [0.4, 0.5) is 0 Å². The third-order valence-corrected chi connectivity index (χ3v) is 5.75. The Kier molecular flexibility index (Phi) is 6.49. The zero-order valence-electron chi connectivity index (χ0n) is 15.5. The smallest absolute Gasteiger partial charge is 0.223 e. The number of hydrogen-bond acceptors (Lipinski definition) is 3. The van der Waals surface area contributed by atoms with Gasteiger partial charge in [0.2, 0.25) is 5.91 Å². The highest BCUT2D eigenvalue weighted by atomic mass is 16.5. The van der Waals surface area contributed by atoms with Gasteiger partial charge in [-0.2, -0.15) is 0 Å². The van der Waals surface area contributed by atoms with E-state index in [0.29, 0.717) is 12.3 Å². The van der Waals surface area contributed by atoms with E-state index in [4.69, 9.17) is 10.5 Å². The van der Waals surface area contributed by atoms with Crippen LogP contribution in [0.25, 0.3) is 0 Å². The molecule has 1 aromatic rings. The first kappa shape index (κ1) is 18.4. The molecule has 1 aromatic carbocycles. The Labute approximate surface area is 151 Å². The second kappa shape index (κ2) is 8.81. The van der Waals surface area contributed by atoms with Gasteiger partial charge in [-0.15, -0.1) is 0 Å². The predicted molar refractivity (Wildman–Crippen MR) is 100 cm³/mol. The topological polar surface area (TPSA) is 55.6 Å². The van der Waals surface area contributed by atoms with E-state index in [2.05, 4.69) is 31.2 Å². The summed E-state index contributed by atoms with van der Waals surface area (Å²) in [5.41, 5.74) is 8.73. The van der Waals surface area contributed by atoms with Gasteiger partial charge in [0, 0.05) is 32.2 Å². The van der Waals surface area contributed by atoms with E-state index < -0.39 is 0 Å². The first-order chi connectivity index (χ1) is 12.1. The highest BCUT2D eigenvalue weighted by Crippen LogP contribution is 2.27. The molecule has 1 saturated carbocycles. The van der Waals surface area contributed by atoms with E-state index in [9.17, 15) is 4.79 Å². The van der Waals surface area contributed by atoms with Gasteiger partial charge in [0.1, 0.15) is 0 Å². The summed E-state index contributed by atoms with van der Waals surface area (Å²) in [6.07, 6.45) is 7.20. The Balaban J connectivity index is 1.59. The number of rotatable bonds is 7. The summed E-state index contributed by atoms with van der Waals surface area (Å²) in [5.74, 6) is 0.615. The van der Waals surface area contributed by atoms with Crippen molar-refractivity contribution < 1.29 is 9.53 Å². The van der Waals surface area contributed by atoms with Crippen molar-refractivity contribution in [3.8, 4) is 0 Å². The standard InChI is InChI=1S/C21H32N2O2/c1-16-7-9-17(10-8-16)11-12-23(15-19-5-3-13-25-19)21(24)14-18-4-2-6-20(18)22/h7-10,18-20H,2-6,11-15,22H2,1H3/t18-,19?,20+/m0/s1. The van der Waals surface area contributed by atoms with Gasteiger partial charge >= 0.3 is 0 Å². The third kappa shape index (κ3) is 5.29. The van der Waals surface area contributed by atoms with Crippen LogP contribution in [0.3, 0.4) is 0 Å².